The third-order valence-corrected chi connectivity index (χ3v) is 6.60. The highest BCUT2D eigenvalue weighted by Gasteiger charge is 2.30. The number of aryl methyl sites for hydroxylation is 1. The molecule has 1 amide bonds. The van der Waals surface area contributed by atoms with Gasteiger partial charge in [-0.25, -0.2) is 8.42 Å². The van der Waals surface area contributed by atoms with Gasteiger partial charge in [-0.3, -0.25) is 4.79 Å². The molecule has 0 saturated carbocycles. The summed E-state index contributed by atoms with van der Waals surface area (Å²) in [5, 5.41) is 2.80. The van der Waals surface area contributed by atoms with Gasteiger partial charge < -0.3 is 14.8 Å². The third kappa shape index (κ3) is 4.35. The molecule has 0 unspecified atom stereocenters. The average Bonchev–Trinajstić information content (AvgIpc) is 2.73. The van der Waals surface area contributed by atoms with Crippen LogP contribution in [0.5, 0.6) is 5.75 Å². The highest BCUT2D eigenvalue weighted by Crippen LogP contribution is 2.22. The number of morpholine rings is 1. The largest absolute Gasteiger partial charge is 0.496 e. The standard InChI is InChI=1S/C20H24N2O5S/c1-15-7-8-16(13-18(15)26-2)14-21-20(23)17-5-3-4-6-19(17)28(24,25)22-9-11-27-12-10-22/h3-8,13H,9-12,14H2,1-2H3,(H,21,23). The molecule has 7 nitrogen and oxygen atoms in total. The number of nitrogens with zero attached hydrogens (tertiary/aromatic N) is 1. The number of ether oxygens (including phenoxy) is 2. The molecule has 3 rings (SSSR count). The summed E-state index contributed by atoms with van der Waals surface area (Å²) in [4.78, 5) is 12.7. The predicted octanol–water partition coefficient (Wildman–Crippen LogP) is 1.95. The van der Waals surface area contributed by atoms with Crippen LogP contribution in [0.25, 0.3) is 0 Å². The molecule has 1 fully saturated rings. The molecule has 28 heavy (non-hydrogen) atoms. The number of amides is 1. The van der Waals surface area contributed by atoms with E-state index in [2.05, 4.69) is 5.32 Å². The summed E-state index contributed by atoms with van der Waals surface area (Å²) in [6.45, 7) is 3.46. The van der Waals surface area contributed by atoms with Gasteiger partial charge >= 0.3 is 0 Å². The fraction of sp³-hybridized carbons (Fsp3) is 0.350. The number of methoxy groups -OCH3 is 1. The van der Waals surface area contributed by atoms with E-state index in [4.69, 9.17) is 9.47 Å². The molecule has 150 valence electrons. The molecule has 1 saturated heterocycles. The molecule has 0 aliphatic carbocycles. The Labute approximate surface area is 165 Å². The molecule has 1 N–H and O–H groups in total. The Bertz CT molecular complexity index is 953. The SMILES string of the molecule is COc1cc(CNC(=O)c2ccccc2S(=O)(=O)N2CCOCC2)ccc1C. The second-order valence-corrected chi connectivity index (χ2v) is 8.41. The Hall–Kier alpha value is -2.42. The highest BCUT2D eigenvalue weighted by atomic mass is 32.2. The minimum atomic E-state index is -3.76. The zero-order valence-corrected chi connectivity index (χ0v) is 16.8. The Morgan fingerprint density at radius 2 is 1.89 bits per heavy atom. The lowest BCUT2D eigenvalue weighted by Gasteiger charge is -2.26. The third-order valence-electron chi connectivity index (χ3n) is 4.65. The van der Waals surface area contributed by atoms with Crippen molar-refractivity contribution in [1.29, 1.82) is 0 Å². The topological polar surface area (TPSA) is 84.9 Å². The van der Waals surface area contributed by atoms with Gasteiger partial charge in [0.2, 0.25) is 10.0 Å². The minimum Gasteiger partial charge on any atom is -0.496 e. The van der Waals surface area contributed by atoms with Crippen molar-refractivity contribution in [2.75, 3.05) is 33.4 Å². The first-order valence-corrected chi connectivity index (χ1v) is 10.5. The number of carbonyl (C=O) groups excluding carboxylic acids is 1. The summed E-state index contributed by atoms with van der Waals surface area (Å²) >= 11 is 0. The molecule has 8 heteroatoms. The maximum absolute atomic E-state index is 13.0. The van der Waals surface area contributed by atoms with E-state index in [0.29, 0.717) is 13.2 Å². The summed E-state index contributed by atoms with van der Waals surface area (Å²) in [6.07, 6.45) is 0. The first kappa shape index (κ1) is 20.3. The smallest absolute Gasteiger partial charge is 0.252 e. The van der Waals surface area contributed by atoms with Crippen LogP contribution >= 0.6 is 0 Å². The van der Waals surface area contributed by atoms with Crippen molar-refractivity contribution in [3.8, 4) is 5.75 Å². The lowest BCUT2D eigenvalue weighted by molar-refractivity contribution is 0.0730. The van der Waals surface area contributed by atoms with Crippen molar-refractivity contribution < 1.29 is 22.7 Å². The molecular weight excluding hydrogens is 380 g/mol. The summed E-state index contributed by atoms with van der Waals surface area (Å²) in [5.74, 6) is 0.300. The molecule has 1 heterocycles. The molecule has 0 aromatic heterocycles. The van der Waals surface area contributed by atoms with Crippen molar-refractivity contribution in [3.05, 3.63) is 59.2 Å². The number of benzene rings is 2. The van der Waals surface area contributed by atoms with E-state index in [1.165, 1.54) is 16.4 Å². The normalized spacial score (nSPS) is 15.2. The molecule has 2 aromatic rings. The van der Waals surface area contributed by atoms with Crippen LogP contribution < -0.4 is 10.1 Å². The van der Waals surface area contributed by atoms with Gasteiger partial charge in [-0.2, -0.15) is 4.31 Å². The number of nitrogens with one attached hydrogen (secondary N) is 1. The minimum absolute atomic E-state index is 0.0101. The average molecular weight is 404 g/mol. The molecule has 0 radical (unpaired) electrons. The molecule has 0 atom stereocenters. The van der Waals surface area contributed by atoms with E-state index in [9.17, 15) is 13.2 Å². The molecule has 1 aliphatic heterocycles. The van der Waals surface area contributed by atoms with Crippen molar-refractivity contribution in [1.82, 2.24) is 9.62 Å². The summed E-state index contributed by atoms with van der Waals surface area (Å²) in [6, 6.07) is 11.9. The molecular formula is C20H24N2O5S. The van der Waals surface area contributed by atoms with E-state index >= 15 is 0 Å². The van der Waals surface area contributed by atoms with Gasteiger partial charge in [-0.15, -0.1) is 0 Å². The fourth-order valence-corrected chi connectivity index (χ4v) is 4.65. The molecule has 0 spiro atoms. The van der Waals surface area contributed by atoms with Crippen LogP contribution in [0.4, 0.5) is 0 Å². The van der Waals surface area contributed by atoms with Crippen molar-refractivity contribution in [3.63, 3.8) is 0 Å². The summed E-state index contributed by atoms with van der Waals surface area (Å²) in [7, 11) is -2.17. The number of hydrogen-bond donors (Lipinski definition) is 1. The van der Waals surface area contributed by atoms with Crippen LogP contribution in [-0.2, 0) is 21.3 Å². The van der Waals surface area contributed by atoms with E-state index in [1.54, 1.807) is 19.2 Å². The van der Waals surface area contributed by atoms with E-state index in [-0.39, 0.29) is 30.1 Å². The lowest BCUT2D eigenvalue weighted by Crippen LogP contribution is -2.41. The number of carbonyl (C=O) groups is 1. The molecule has 0 bridgehead atoms. The van der Waals surface area contributed by atoms with Crippen LogP contribution in [-0.4, -0.2) is 52.0 Å². The quantitative estimate of drug-likeness (QED) is 0.796. The van der Waals surface area contributed by atoms with Crippen LogP contribution in [0, 0.1) is 6.92 Å². The van der Waals surface area contributed by atoms with Crippen molar-refractivity contribution >= 4 is 15.9 Å². The van der Waals surface area contributed by atoms with E-state index < -0.39 is 15.9 Å². The van der Waals surface area contributed by atoms with Gasteiger partial charge in [0.25, 0.3) is 5.91 Å². The lowest BCUT2D eigenvalue weighted by atomic mass is 10.1. The molecule has 1 aliphatic rings. The van der Waals surface area contributed by atoms with Crippen LogP contribution in [0.3, 0.4) is 0 Å². The van der Waals surface area contributed by atoms with E-state index in [1.807, 2.05) is 25.1 Å². The highest BCUT2D eigenvalue weighted by molar-refractivity contribution is 7.89. The molecule has 2 aromatic carbocycles. The number of sulfonamides is 1. The van der Waals surface area contributed by atoms with Gasteiger partial charge in [0.1, 0.15) is 5.75 Å². The van der Waals surface area contributed by atoms with Gasteiger partial charge in [0.05, 0.1) is 30.8 Å². The number of rotatable bonds is 6. The summed E-state index contributed by atoms with van der Waals surface area (Å²) in [5.41, 5.74) is 2.00. The van der Waals surface area contributed by atoms with Crippen molar-refractivity contribution in [2.24, 2.45) is 0 Å². The Kier molecular flexibility index (Phi) is 6.33. The van der Waals surface area contributed by atoms with Crippen LogP contribution in [0.2, 0.25) is 0 Å². The van der Waals surface area contributed by atoms with Crippen molar-refractivity contribution in [2.45, 2.75) is 18.4 Å². The number of hydrogen-bond acceptors (Lipinski definition) is 5. The van der Waals surface area contributed by atoms with Crippen LogP contribution in [0.1, 0.15) is 21.5 Å². The van der Waals surface area contributed by atoms with Gasteiger partial charge in [-0.05, 0) is 36.2 Å². The Balaban J connectivity index is 1.79. The van der Waals surface area contributed by atoms with Gasteiger partial charge in [0.15, 0.2) is 0 Å². The maximum atomic E-state index is 13.0. The predicted molar refractivity (Wildman–Crippen MR) is 105 cm³/mol. The first-order chi connectivity index (χ1) is 13.4. The first-order valence-electron chi connectivity index (χ1n) is 9.02. The summed E-state index contributed by atoms with van der Waals surface area (Å²) < 4.78 is 37.8. The van der Waals surface area contributed by atoms with Gasteiger partial charge in [0, 0.05) is 19.6 Å². The second-order valence-electron chi connectivity index (χ2n) is 6.50. The zero-order chi connectivity index (χ0) is 20.1. The second kappa shape index (κ2) is 8.72. The fourth-order valence-electron chi connectivity index (χ4n) is 3.06. The van der Waals surface area contributed by atoms with Crippen LogP contribution in [0.15, 0.2) is 47.4 Å². The van der Waals surface area contributed by atoms with E-state index in [0.717, 1.165) is 16.9 Å². The maximum Gasteiger partial charge on any atom is 0.252 e. The Morgan fingerprint density at radius 1 is 1.18 bits per heavy atom. The van der Waals surface area contributed by atoms with Gasteiger partial charge in [-0.1, -0.05) is 24.3 Å². The zero-order valence-electron chi connectivity index (χ0n) is 16.0. The monoisotopic (exact) mass is 404 g/mol. The Morgan fingerprint density at radius 3 is 2.61 bits per heavy atom.